The largest absolute Gasteiger partial charge is 0.466 e. The van der Waals surface area contributed by atoms with E-state index in [2.05, 4.69) is 22.9 Å². The topological polar surface area (TPSA) is 49.6 Å². The number of carbonyl (C=O) groups is 1. The maximum Gasteiger partial charge on any atom is 0.223 e. The molecule has 24 heavy (non-hydrogen) atoms. The summed E-state index contributed by atoms with van der Waals surface area (Å²) in [5, 5.41) is 3.05. The van der Waals surface area contributed by atoms with Gasteiger partial charge in [0, 0.05) is 56.5 Å². The third kappa shape index (κ3) is 3.34. The second-order valence-electron chi connectivity index (χ2n) is 6.81. The van der Waals surface area contributed by atoms with E-state index in [1.54, 1.807) is 11.3 Å². The number of hydrogen-bond donors (Lipinski definition) is 0. The van der Waals surface area contributed by atoms with Gasteiger partial charge in [0.05, 0.1) is 0 Å². The molecule has 1 saturated carbocycles. The average molecular weight is 345 g/mol. The number of furan rings is 1. The maximum atomic E-state index is 12.4. The van der Waals surface area contributed by atoms with Gasteiger partial charge in [-0.1, -0.05) is 6.92 Å². The molecule has 2 aliphatic rings. The summed E-state index contributed by atoms with van der Waals surface area (Å²) in [7, 11) is 0. The Bertz CT molecular complexity index is 689. The molecule has 1 saturated heterocycles. The predicted molar refractivity (Wildman–Crippen MR) is 94.5 cm³/mol. The van der Waals surface area contributed by atoms with E-state index in [-0.39, 0.29) is 5.91 Å². The minimum absolute atomic E-state index is 0.228. The summed E-state index contributed by atoms with van der Waals surface area (Å²) in [6.45, 7) is 5.54. The Morgan fingerprint density at radius 2 is 2.12 bits per heavy atom. The molecule has 1 aliphatic heterocycles. The van der Waals surface area contributed by atoms with Gasteiger partial charge >= 0.3 is 0 Å². The number of thiazole rings is 1. The predicted octanol–water partition coefficient (Wildman–Crippen LogP) is 3.14. The standard InChI is InChI=1S/C18H23N3O2S/c1-13-12-15(13)16-4-2-14(23-16)3-5-17(22)20-7-9-21(10-8-20)18-19-6-11-24-18/h2,4,6,11,13,15H,3,5,7-10,12H2,1H3/t13-,15+/m1/s1. The second kappa shape index (κ2) is 6.59. The number of carbonyl (C=O) groups excluding carboxylic acids is 1. The molecule has 0 spiro atoms. The molecule has 0 N–H and O–H groups in total. The van der Waals surface area contributed by atoms with Crippen LogP contribution < -0.4 is 4.90 Å². The van der Waals surface area contributed by atoms with Crippen LogP contribution in [0.1, 0.15) is 37.2 Å². The van der Waals surface area contributed by atoms with E-state index in [9.17, 15) is 4.79 Å². The molecule has 2 atom stereocenters. The van der Waals surface area contributed by atoms with Gasteiger partial charge in [-0.15, -0.1) is 11.3 Å². The first kappa shape index (κ1) is 15.7. The molecular formula is C18H23N3O2S. The summed E-state index contributed by atoms with van der Waals surface area (Å²) >= 11 is 1.66. The van der Waals surface area contributed by atoms with Crippen molar-refractivity contribution in [1.29, 1.82) is 0 Å². The third-order valence-corrected chi connectivity index (χ3v) is 5.90. The van der Waals surface area contributed by atoms with Gasteiger partial charge in [-0.25, -0.2) is 4.98 Å². The van der Waals surface area contributed by atoms with Crippen LogP contribution in [-0.4, -0.2) is 42.0 Å². The zero-order chi connectivity index (χ0) is 16.5. The molecule has 0 bridgehead atoms. The molecule has 4 rings (SSSR count). The van der Waals surface area contributed by atoms with Gasteiger partial charge in [-0.3, -0.25) is 4.79 Å². The fourth-order valence-corrected chi connectivity index (χ4v) is 4.05. The van der Waals surface area contributed by atoms with E-state index < -0.39 is 0 Å². The number of amides is 1. The van der Waals surface area contributed by atoms with Crippen LogP contribution in [0.5, 0.6) is 0 Å². The summed E-state index contributed by atoms with van der Waals surface area (Å²) in [6.07, 6.45) is 4.30. The normalized spacial score (nSPS) is 23.5. The first-order valence-electron chi connectivity index (χ1n) is 8.71. The lowest BCUT2D eigenvalue weighted by atomic mass is 10.2. The zero-order valence-electron chi connectivity index (χ0n) is 14.0. The maximum absolute atomic E-state index is 12.4. The second-order valence-corrected chi connectivity index (χ2v) is 7.68. The minimum Gasteiger partial charge on any atom is -0.466 e. The summed E-state index contributed by atoms with van der Waals surface area (Å²) in [4.78, 5) is 21.0. The summed E-state index contributed by atoms with van der Waals surface area (Å²) in [5.41, 5.74) is 0. The SMILES string of the molecule is C[C@@H]1C[C@@H]1c1ccc(CCC(=O)N2CCN(c3nccs3)CC2)o1. The molecule has 5 nitrogen and oxygen atoms in total. The Morgan fingerprint density at radius 3 is 2.79 bits per heavy atom. The highest BCUT2D eigenvalue weighted by atomic mass is 32.1. The van der Waals surface area contributed by atoms with E-state index in [0.29, 0.717) is 18.8 Å². The van der Waals surface area contributed by atoms with Crippen molar-refractivity contribution in [3.63, 3.8) is 0 Å². The first-order valence-corrected chi connectivity index (χ1v) is 9.59. The van der Waals surface area contributed by atoms with Crippen LogP contribution in [0, 0.1) is 5.92 Å². The summed E-state index contributed by atoms with van der Waals surface area (Å²) < 4.78 is 5.90. The van der Waals surface area contributed by atoms with Crippen LogP contribution in [0.15, 0.2) is 28.1 Å². The number of aryl methyl sites for hydroxylation is 1. The fourth-order valence-electron chi connectivity index (χ4n) is 3.35. The third-order valence-electron chi connectivity index (χ3n) is 5.06. The number of anilines is 1. The van der Waals surface area contributed by atoms with Crippen molar-refractivity contribution in [2.75, 3.05) is 31.1 Å². The lowest BCUT2D eigenvalue weighted by Crippen LogP contribution is -2.48. The van der Waals surface area contributed by atoms with Gasteiger partial charge in [-0.2, -0.15) is 0 Å². The number of rotatable bonds is 5. The highest BCUT2D eigenvalue weighted by molar-refractivity contribution is 7.13. The molecule has 2 fully saturated rings. The molecule has 0 aromatic carbocycles. The first-order chi connectivity index (χ1) is 11.7. The van der Waals surface area contributed by atoms with Crippen molar-refractivity contribution in [1.82, 2.24) is 9.88 Å². The van der Waals surface area contributed by atoms with Crippen LogP contribution in [-0.2, 0) is 11.2 Å². The van der Waals surface area contributed by atoms with Crippen molar-refractivity contribution >= 4 is 22.4 Å². The molecule has 0 unspecified atom stereocenters. The Kier molecular flexibility index (Phi) is 4.31. The van der Waals surface area contributed by atoms with Gasteiger partial charge in [0.15, 0.2) is 5.13 Å². The van der Waals surface area contributed by atoms with E-state index in [4.69, 9.17) is 4.42 Å². The molecule has 0 radical (unpaired) electrons. The van der Waals surface area contributed by atoms with Crippen LogP contribution in [0.2, 0.25) is 0 Å². The van der Waals surface area contributed by atoms with Crippen LogP contribution in [0.3, 0.4) is 0 Å². The van der Waals surface area contributed by atoms with Crippen molar-refractivity contribution < 1.29 is 9.21 Å². The lowest BCUT2D eigenvalue weighted by Gasteiger charge is -2.34. The molecule has 1 amide bonds. The van der Waals surface area contributed by atoms with Gasteiger partial charge in [0.1, 0.15) is 11.5 Å². The van der Waals surface area contributed by atoms with Gasteiger partial charge in [0.2, 0.25) is 5.91 Å². The van der Waals surface area contributed by atoms with Gasteiger partial charge in [-0.05, 0) is 24.5 Å². The highest BCUT2D eigenvalue weighted by Crippen LogP contribution is 2.47. The fraction of sp³-hybridized carbons (Fsp3) is 0.556. The number of hydrogen-bond acceptors (Lipinski definition) is 5. The van der Waals surface area contributed by atoms with E-state index in [0.717, 1.165) is 48.7 Å². The quantitative estimate of drug-likeness (QED) is 0.835. The number of nitrogens with zero attached hydrogens (tertiary/aromatic N) is 3. The minimum atomic E-state index is 0.228. The Balaban J connectivity index is 1.24. The van der Waals surface area contributed by atoms with E-state index in [1.807, 2.05) is 22.5 Å². The van der Waals surface area contributed by atoms with Crippen LogP contribution >= 0.6 is 11.3 Å². The Labute approximate surface area is 146 Å². The summed E-state index contributed by atoms with van der Waals surface area (Å²) in [6, 6.07) is 4.12. The van der Waals surface area contributed by atoms with E-state index >= 15 is 0 Å². The number of piperazine rings is 1. The highest BCUT2D eigenvalue weighted by Gasteiger charge is 2.36. The van der Waals surface area contributed by atoms with Crippen molar-refractivity contribution in [2.24, 2.45) is 5.92 Å². The Morgan fingerprint density at radius 1 is 1.33 bits per heavy atom. The van der Waals surface area contributed by atoms with Crippen LogP contribution in [0.25, 0.3) is 0 Å². The molecular weight excluding hydrogens is 322 g/mol. The lowest BCUT2D eigenvalue weighted by molar-refractivity contribution is -0.131. The number of aromatic nitrogens is 1. The smallest absolute Gasteiger partial charge is 0.223 e. The molecule has 2 aromatic heterocycles. The molecule has 6 heteroatoms. The molecule has 128 valence electrons. The van der Waals surface area contributed by atoms with Gasteiger partial charge in [0.25, 0.3) is 0 Å². The molecule has 2 aromatic rings. The van der Waals surface area contributed by atoms with Crippen molar-refractivity contribution in [3.8, 4) is 0 Å². The van der Waals surface area contributed by atoms with E-state index in [1.165, 1.54) is 6.42 Å². The molecule has 3 heterocycles. The monoisotopic (exact) mass is 345 g/mol. The average Bonchev–Trinajstić information content (AvgIpc) is 3.04. The van der Waals surface area contributed by atoms with Crippen LogP contribution in [0.4, 0.5) is 5.13 Å². The van der Waals surface area contributed by atoms with Crippen molar-refractivity contribution in [2.45, 2.75) is 32.1 Å². The Hall–Kier alpha value is -1.82. The van der Waals surface area contributed by atoms with Gasteiger partial charge < -0.3 is 14.2 Å². The summed E-state index contributed by atoms with van der Waals surface area (Å²) in [5.74, 6) is 3.63. The zero-order valence-corrected chi connectivity index (χ0v) is 14.8. The van der Waals surface area contributed by atoms with Crippen molar-refractivity contribution in [3.05, 3.63) is 35.2 Å². The molecule has 1 aliphatic carbocycles.